The number of carbonyl (C=O) groups excluding carboxylic acids is 1. The van der Waals surface area contributed by atoms with Crippen LogP contribution in [-0.4, -0.2) is 58.7 Å². The third-order valence-corrected chi connectivity index (χ3v) is 5.92. The second-order valence-electron chi connectivity index (χ2n) is 8.30. The van der Waals surface area contributed by atoms with Gasteiger partial charge in [-0.1, -0.05) is 18.2 Å². The van der Waals surface area contributed by atoms with Gasteiger partial charge in [-0.05, 0) is 70.3 Å². The Balaban J connectivity index is 1.49. The molecule has 1 aliphatic heterocycles. The van der Waals surface area contributed by atoms with Crippen LogP contribution in [0.25, 0.3) is 5.69 Å². The fraction of sp³-hybridized carbons (Fsp3) is 0.333. The van der Waals surface area contributed by atoms with Crippen molar-refractivity contribution in [2.45, 2.75) is 25.8 Å². The van der Waals surface area contributed by atoms with Gasteiger partial charge >= 0.3 is 0 Å². The summed E-state index contributed by atoms with van der Waals surface area (Å²) >= 11 is 0. The van der Waals surface area contributed by atoms with Gasteiger partial charge in [0.05, 0.1) is 17.1 Å². The van der Waals surface area contributed by atoms with Gasteiger partial charge in [0.15, 0.2) is 5.69 Å². The van der Waals surface area contributed by atoms with Crippen molar-refractivity contribution in [2.75, 3.05) is 27.2 Å². The Labute approximate surface area is 187 Å². The minimum absolute atomic E-state index is 0.0288. The fourth-order valence-corrected chi connectivity index (χ4v) is 3.96. The van der Waals surface area contributed by atoms with E-state index in [0.29, 0.717) is 28.7 Å². The van der Waals surface area contributed by atoms with Crippen molar-refractivity contribution in [3.8, 4) is 5.69 Å². The van der Waals surface area contributed by atoms with E-state index < -0.39 is 0 Å². The molecule has 32 heavy (non-hydrogen) atoms. The van der Waals surface area contributed by atoms with Crippen LogP contribution in [0, 0.1) is 6.92 Å². The third-order valence-electron chi connectivity index (χ3n) is 5.92. The molecule has 1 saturated heterocycles. The molecule has 1 fully saturated rings. The van der Waals surface area contributed by atoms with E-state index >= 15 is 0 Å². The van der Waals surface area contributed by atoms with Gasteiger partial charge in [0.1, 0.15) is 0 Å². The summed E-state index contributed by atoms with van der Waals surface area (Å²) in [6.07, 6.45) is 1.96. The second-order valence-corrected chi connectivity index (χ2v) is 8.30. The molecule has 0 aliphatic carbocycles. The van der Waals surface area contributed by atoms with Gasteiger partial charge < -0.3 is 9.80 Å². The SMILES string of the molecule is Cc1[nH]n(-c2ccc(C(=O)N3CCC(N(C)C)CC3)cc2)c(=O)c1N=Nc1ccccc1. The molecule has 166 valence electrons. The van der Waals surface area contributed by atoms with Gasteiger partial charge in [0, 0.05) is 24.7 Å². The molecular formula is C24H28N6O2. The zero-order chi connectivity index (χ0) is 22.7. The number of rotatable bonds is 5. The quantitative estimate of drug-likeness (QED) is 0.617. The number of nitrogens with one attached hydrogen (secondary N) is 1. The molecular weight excluding hydrogens is 404 g/mol. The van der Waals surface area contributed by atoms with Crippen LogP contribution in [0.4, 0.5) is 11.4 Å². The van der Waals surface area contributed by atoms with Gasteiger partial charge in [-0.3, -0.25) is 14.7 Å². The highest BCUT2D eigenvalue weighted by molar-refractivity contribution is 5.94. The van der Waals surface area contributed by atoms with Crippen molar-refractivity contribution in [1.82, 2.24) is 19.6 Å². The van der Waals surface area contributed by atoms with E-state index in [1.165, 1.54) is 4.68 Å². The number of hydrogen-bond acceptors (Lipinski definition) is 5. The first-order valence-electron chi connectivity index (χ1n) is 10.8. The standard InChI is InChI=1S/C24H28N6O2/c1-17-22(26-25-19-7-5-4-6-8-19)24(32)30(27-17)21-11-9-18(10-12-21)23(31)29-15-13-20(14-16-29)28(2)3/h4-12,20,27H,13-16H2,1-3H3. The van der Waals surface area contributed by atoms with Gasteiger partial charge in [-0.15, -0.1) is 5.11 Å². The molecule has 0 radical (unpaired) electrons. The molecule has 4 rings (SSSR count). The summed E-state index contributed by atoms with van der Waals surface area (Å²) in [6.45, 7) is 3.30. The highest BCUT2D eigenvalue weighted by Gasteiger charge is 2.24. The van der Waals surface area contributed by atoms with Crippen molar-refractivity contribution in [2.24, 2.45) is 10.2 Å². The average Bonchev–Trinajstić information content (AvgIpc) is 3.11. The van der Waals surface area contributed by atoms with Crippen LogP contribution >= 0.6 is 0 Å². The summed E-state index contributed by atoms with van der Waals surface area (Å²) in [7, 11) is 4.17. The van der Waals surface area contributed by atoms with Crippen LogP contribution in [0.2, 0.25) is 0 Å². The van der Waals surface area contributed by atoms with Crippen molar-refractivity contribution in [1.29, 1.82) is 0 Å². The number of aromatic nitrogens is 2. The number of azo groups is 1. The van der Waals surface area contributed by atoms with Crippen molar-refractivity contribution >= 4 is 17.3 Å². The molecule has 8 nitrogen and oxygen atoms in total. The number of amides is 1. The van der Waals surface area contributed by atoms with Crippen molar-refractivity contribution < 1.29 is 4.79 Å². The molecule has 8 heteroatoms. The maximum absolute atomic E-state index is 12.9. The van der Waals surface area contributed by atoms with Crippen LogP contribution in [0.3, 0.4) is 0 Å². The number of nitrogens with zero attached hydrogens (tertiary/aromatic N) is 5. The number of carbonyl (C=O) groups is 1. The molecule has 1 N–H and O–H groups in total. The number of H-pyrrole nitrogens is 1. The van der Waals surface area contributed by atoms with Gasteiger partial charge in [-0.2, -0.15) is 5.11 Å². The Morgan fingerprint density at radius 2 is 1.66 bits per heavy atom. The predicted octanol–water partition coefficient (Wildman–Crippen LogP) is 4.06. The molecule has 0 atom stereocenters. The lowest BCUT2D eigenvalue weighted by Gasteiger charge is -2.35. The predicted molar refractivity (Wildman–Crippen MR) is 124 cm³/mol. The van der Waals surface area contributed by atoms with E-state index in [4.69, 9.17) is 0 Å². The highest BCUT2D eigenvalue weighted by atomic mass is 16.2. The number of piperidine rings is 1. The zero-order valence-corrected chi connectivity index (χ0v) is 18.7. The normalized spacial score (nSPS) is 15.1. The monoisotopic (exact) mass is 432 g/mol. The molecule has 0 unspecified atom stereocenters. The first kappa shape index (κ1) is 21.7. The van der Waals surface area contributed by atoms with E-state index in [1.807, 2.05) is 35.2 Å². The summed E-state index contributed by atoms with van der Waals surface area (Å²) in [5.74, 6) is 0.0288. The minimum atomic E-state index is -0.285. The Kier molecular flexibility index (Phi) is 6.32. The Hall–Kier alpha value is -3.52. The molecule has 1 aromatic heterocycles. The first-order chi connectivity index (χ1) is 15.4. The third kappa shape index (κ3) is 4.55. The fourth-order valence-electron chi connectivity index (χ4n) is 3.96. The lowest BCUT2D eigenvalue weighted by Crippen LogP contribution is -2.44. The smallest absolute Gasteiger partial charge is 0.299 e. The van der Waals surface area contributed by atoms with Crippen LogP contribution < -0.4 is 5.56 Å². The maximum Gasteiger partial charge on any atom is 0.299 e. The van der Waals surface area contributed by atoms with Gasteiger partial charge in [0.2, 0.25) is 0 Å². The lowest BCUT2D eigenvalue weighted by atomic mass is 10.0. The Morgan fingerprint density at radius 3 is 2.28 bits per heavy atom. The minimum Gasteiger partial charge on any atom is -0.339 e. The summed E-state index contributed by atoms with van der Waals surface area (Å²) in [5, 5.41) is 11.3. The second kappa shape index (κ2) is 9.32. The molecule has 3 aromatic rings. The van der Waals surface area contributed by atoms with E-state index in [9.17, 15) is 9.59 Å². The molecule has 1 aliphatic rings. The topological polar surface area (TPSA) is 86.1 Å². The van der Waals surface area contributed by atoms with Crippen molar-refractivity contribution in [3.63, 3.8) is 0 Å². The van der Waals surface area contributed by atoms with E-state index in [2.05, 4.69) is 34.3 Å². The van der Waals surface area contributed by atoms with Crippen molar-refractivity contribution in [3.05, 3.63) is 76.2 Å². The van der Waals surface area contributed by atoms with Crippen LogP contribution in [0.1, 0.15) is 28.9 Å². The first-order valence-corrected chi connectivity index (χ1v) is 10.8. The van der Waals surface area contributed by atoms with Crippen LogP contribution in [0.15, 0.2) is 69.6 Å². The Morgan fingerprint density at radius 1 is 1.00 bits per heavy atom. The van der Waals surface area contributed by atoms with Crippen LogP contribution in [-0.2, 0) is 0 Å². The largest absolute Gasteiger partial charge is 0.339 e. The maximum atomic E-state index is 12.9. The summed E-state index contributed by atoms with van der Waals surface area (Å²) in [4.78, 5) is 29.9. The summed E-state index contributed by atoms with van der Waals surface area (Å²) in [5.41, 5.74) is 2.54. The molecule has 0 spiro atoms. The molecule has 0 saturated carbocycles. The van der Waals surface area contributed by atoms with Gasteiger partial charge in [-0.25, -0.2) is 4.68 Å². The number of likely N-dealkylation sites (tertiary alicyclic amines) is 1. The number of benzene rings is 2. The van der Waals surface area contributed by atoms with Crippen LogP contribution in [0.5, 0.6) is 0 Å². The zero-order valence-electron chi connectivity index (χ0n) is 18.7. The molecule has 2 aromatic carbocycles. The summed E-state index contributed by atoms with van der Waals surface area (Å²) in [6, 6.07) is 16.9. The number of aromatic amines is 1. The molecule has 0 bridgehead atoms. The van der Waals surface area contributed by atoms with Gasteiger partial charge in [0.25, 0.3) is 11.5 Å². The highest BCUT2D eigenvalue weighted by Crippen LogP contribution is 2.20. The number of aryl methyl sites for hydroxylation is 1. The average molecular weight is 433 g/mol. The Bertz CT molecular complexity index is 1150. The summed E-state index contributed by atoms with van der Waals surface area (Å²) < 4.78 is 1.42. The number of hydrogen-bond donors (Lipinski definition) is 1. The molecule has 2 heterocycles. The van der Waals surface area contributed by atoms with E-state index in [0.717, 1.165) is 25.9 Å². The molecule has 1 amide bonds. The van der Waals surface area contributed by atoms with E-state index in [1.54, 1.807) is 31.2 Å². The lowest BCUT2D eigenvalue weighted by molar-refractivity contribution is 0.0663. The van der Waals surface area contributed by atoms with E-state index in [-0.39, 0.29) is 17.2 Å².